The molecule has 3 atom stereocenters. The fraction of sp³-hybridized carbons (Fsp3) is 0.548. The second kappa shape index (κ2) is 11.6. The molecule has 2 aliphatic heterocycles. The minimum Gasteiger partial charge on any atom is -0.491 e. The van der Waals surface area contributed by atoms with E-state index in [0.29, 0.717) is 11.5 Å². The van der Waals surface area contributed by atoms with Crippen LogP contribution in [0.3, 0.4) is 0 Å². The van der Waals surface area contributed by atoms with Crippen LogP contribution in [0.25, 0.3) is 16.6 Å². The number of sulfone groups is 1. The molecule has 2 saturated heterocycles. The van der Waals surface area contributed by atoms with Crippen LogP contribution in [-0.4, -0.2) is 85.0 Å². The quantitative estimate of drug-likeness (QED) is 0.294. The molecule has 0 N–H and O–H groups in total. The van der Waals surface area contributed by atoms with E-state index >= 15 is 0 Å². The van der Waals surface area contributed by atoms with E-state index in [1.807, 2.05) is 39.8 Å². The van der Waals surface area contributed by atoms with Gasteiger partial charge in [-0.1, -0.05) is 18.2 Å². The first kappa shape index (κ1) is 27.8. The predicted molar refractivity (Wildman–Crippen MR) is 159 cm³/mol. The standard InChI is InChI=1S/C31H39N5O5S/c1-42(37,38)28-7-3-2-6-25(28)22-9-10-23(18-22)26-19-24(40-17-13-34-11-15-39-16-12-34)21-35-30(26)27-20-32-36(31(27)33-35)29-8-4-5-14-41-29/h2-3,6-7,19-23,29H,4-5,8-18H2,1H3. The van der Waals surface area contributed by atoms with Gasteiger partial charge < -0.3 is 14.2 Å². The maximum atomic E-state index is 12.6. The summed E-state index contributed by atoms with van der Waals surface area (Å²) in [6.45, 7) is 5.56. The van der Waals surface area contributed by atoms with E-state index in [1.165, 1.54) is 11.8 Å². The van der Waals surface area contributed by atoms with Crippen LogP contribution in [0.4, 0.5) is 0 Å². The van der Waals surface area contributed by atoms with Crippen LogP contribution in [0.2, 0.25) is 0 Å². The smallest absolute Gasteiger partial charge is 0.183 e. The number of benzene rings is 1. The van der Waals surface area contributed by atoms with Crippen molar-refractivity contribution in [3.8, 4) is 5.75 Å². The molecule has 0 spiro atoms. The molecule has 3 unspecified atom stereocenters. The maximum Gasteiger partial charge on any atom is 0.183 e. The highest BCUT2D eigenvalue weighted by molar-refractivity contribution is 7.90. The highest BCUT2D eigenvalue weighted by Crippen LogP contribution is 2.47. The van der Waals surface area contributed by atoms with Crippen LogP contribution in [0.5, 0.6) is 5.75 Å². The summed E-state index contributed by atoms with van der Waals surface area (Å²) in [6, 6.07) is 9.65. The zero-order valence-electron chi connectivity index (χ0n) is 24.2. The van der Waals surface area contributed by atoms with Gasteiger partial charge in [-0.2, -0.15) is 5.10 Å². The maximum absolute atomic E-state index is 12.6. The van der Waals surface area contributed by atoms with Crippen LogP contribution < -0.4 is 4.74 Å². The van der Waals surface area contributed by atoms with Gasteiger partial charge in [0.15, 0.2) is 21.7 Å². The largest absolute Gasteiger partial charge is 0.491 e. The molecule has 0 radical (unpaired) electrons. The number of hydrogen-bond donors (Lipinski definition) is 0. The van der Waals surface area contributed by atoms with E-state index in [4.69, 9.17) is 24.4 Å². The predicted octanol–water partition coefficient (Wildman–Crippen LogP) is 4.55. The Morgan fingerprint density at radius 1 is 1.02 bits per heavy atom. The molecule has 5 heterocycles. The molecule has 4 aromatic rings. The Labute approximate surface area is 246 Å². The lowest BCUT2D eigenvalue weighted by atomic mass is 9.92. The topological polar surface area (TPSA) is 100 Å². The molecule has 10 nitrogen and oxygen atoms in total. The van der Waals surface area contributed by atoms with Crippen LogP contribution in [0.1, 0.15) is 67.7 Å². The summed E-state index contributed by atoms with van der Waals surface area (Å²) >= 11 is 0. The van der Waals surface area contributed by atoms with Gasteiger partial charge in [-0.05, 0) is 73.6 Å². The van der Waals surface area contributed by atoms with Crippen LogP contribution in [0, 0.1) is 0 Å². The SMILES string of the molecule is CS(=O)(=O)c1ccccc1C1CCC(c2cc(OCCN3CCOCC3)cn3nc4c(cnn4C4CCCCO4)c23)C1. The summed E-state index contributed by atoms with van der Waals surface area (Å²) in [6.07, 6.45) is 11.0. The fourth-order valence-electron chi connectivity index (χ4n) is 7.00. The number of fused-ring (bicyclic) bond motifs is 3. The average molecular weight is 594 g/mol. The zero-order valence-corrected chi connectivity index (χ0v) is 25.0. The zero-order chi connectivity index (χ0) is 28.7. The van der Waals surface area contributed by atoms with Crippen LogP contribution >= 0.6 is 0 Å². The highest BCUT2D eigenvalue weighted by atomic mass is 32.2. The van der Waals surface area contributed by atoms with Crippen molar-refractivity contribution in [1.82, 2.24) is 24.3 Å². The second-order valence-corrected chi connectivity index (χ2v) is 13.9. The van der Waals surface area contributed by atoms with Gasteiger partial charge >= 0.3 is 0 Å². The molecule has 1 aliphatic carbocycles. The number of ether oxygens (including phenoxy) is 3. The molecule has 224 valence electrons. The van der Waals surface area contributed by atoms with Gasteiger partial charge in [0.2, 0.25) is 0 Å². The van der Waals surface area contributed by atoms with Crippen molar-refractivity contribution < 1.29 is 22.6 Å². The van der Waals surface area contributed by atoms with Crippen molar-refractivity contribution in [3.63, 3.8) is 0 Å². The van der Waals surface area contributed by atoms with Gasteiger partial charge in [-0.15, -0.1) is 5.10 Å². The van der Waals surface area contributed by atoms with E-state index in [-0.39, 0.29) is 18.1 Å². The van der Waals surface area contributed by atoms with Gasteiger partial charge in [0.05, 0.1) is 41.4 Å². The van der Waals surface area contributed by atoms with Crippen molar-refractivity contribution in [2.75, 3.05) is 52.3 Å². The Morgan fingerprint density at radius 3 is 2.62 bits per heavy atom. The van der Waals surface area contributed by atoms with E-state index < -0.39 is 9.84 Å². The summed E-state index contributed by atoms with van der Waals surface area (Å²) in [5, 5.41) is 10.8. The van der Waals surface area contributed by atoms with Gasteiger partial charge in [0, 0.05) is 32.5 Å². The molecular weight excluding hydrogens is 554 g/mol. The third-order valence-electron chi connectivity index (χ3n) is 9.12. The van der Waals surface area contributed by atoms with E-state index in [2.05, 4.69) is 11.0 Å². The first-order chi connectivity index (χ1) is 20.5. The Kier molecular flexibility index (Phi) is 7.68. The molecule has 42 heavy (non-hydrogen) atoms. The van der Waals surface area contributed by atoms with E-state index in [1.54, 1.807) is 6.07 Å². The Balaban J connectivity index is 1.23. The number of nitrogens with zero attached hydrogens (tertiary/aromatic N) is 5. The van der Waals surface area contributed by atoms with E-state index in [9.17, 15) is 8.42 Å². The highest BCUT2D eigenvalue weighted by Gasteiger charge is 2.33. The molecule has 3 fully saturated rings. The minimum atomic E-state index is -3.31. The fourth-order valence-corrected chi connectivity index (χ4v) is 7.98. The van der Waals surface area contributed by atoms with E-state index in [0.717, 1.165) is 106 Å². The average Bonchev–Trinajstić information content (AvgIpc) is 3.73. The molecule has 11 heteroatoms. The van der Waals surface area contributed by atoms with Gasteiger partial charge in [-0.25, -0.2) is 17.6 Å². The minimum absolute atomic E-state index is 0.0998. The first-order valence-electron chi connectivity index (χ1n) is 15.2. The van der Waals surface area contributed by atoms with Crippen LogP contribution in [0.15, 0.2) is 47.6 Å². The molecule has 7 rings (SSSR count). The first-order valence-corrected chi connectivity index (χ1v) is 17.1. The van der Waals surface area contributed by atoms with Gasteiger partial charge in [0.1, 0.15) is 12.4 Å². The Hall–Kier alpha value is -2.99. The summed E-state index contributed by atoms with van der Waals surface area (Å²) in [5.74, 6) is 1.20. The summed E-state index contributed by atoms with van der Waals surface area (Å²) < 4.78 is 46.9. The molecule has 3 aliphatic rings. The molecule has 3 aromatic heterocycles. The van der Waals surface area contributed by atoms with Crippen molar-refractivity contribution in [3.05, 3.63) is 53.9 Å². The molecular formula is C31H39N5O5S. The number of hydrogen-bond acceptors (Lipinski definition) is 8. The summed E-state index contributed by atoms with van der Waals surface area (Å²) in [4.78, 5) is 2.81. The Morgan fingerprint density at radius 2 is 1.83 bits per heavy atom. The lowest BCUT2D eigenvalue weighted by Crippen LogP contribution is -2.38. The third-order valence-corrected chi connectivity index (χ3v) is 10.3. The van der Waals surface area contributed by atoms with Crippen molar-refractivity contribution in [2.24, 2.45) is 0 Å². The van der Waals surface area contributed by atoms with Crippen molar-refractivity contribution in [1.29, 1.82) is 0 Å². The number of morpholine rings is 1. The van der Waals surface area contributed by atoms with Crippen LogP contribution in [-0.2, 0) is 19.3 Å². The van der Waals surface area contributed by atoms with Crippen molar-refractivity contribution in [2.45, 2.75) is 61.5 Å². The van der Waals surface area contributed by atoms with Crippen molar-refractivity contribution >= 4 is 26.4 Å². The second-order valence-electron chi connectivity index (χ2n) is 11.9. The summed E-state index contributed by atoms with van der Waals surface area (Å²) in [5.41, 5.74) is 3.99. The Bertz CT molecular complexity index is 1670. The number of aromatic nitrogens is 4. The molecule has 0 amide bonds. The lowest BCUT2D eigenvalue weighted by Gasteiger charge is -2.26. The third kappa shape index (κ3) is 5.43. The molecule has 0 bridgehead atoms. The lowest BCUT2D eigenvalue weighted by molar-refractivity contribution is -0.0370. The van der Waals surface area contributed by atoms with Gasteiger partial charge in [0.25, 0.3) is 0 Å². The van der Waals surface area contributed by atoms with Gasteiger partial charge in [-0.3, -0.25) is 4.90 Å². The number of rotatable bonds is 8. The summed E-state index contributed by atoms with van der Waals surface area (Å²) in [7, 11) is -3.31. The molecule has 1 saturated carbocycles. The number of pyridine rings is 1. The monoisotopic (exact) mass is 593 g/mol. The normalized spacial score (nSPS) is 24.1. The molecule has 1 aromatic carbocycles.